The topological polar surface area (TPSA) is 64.1 Å². The van der Waals surface area contributed by atoms with Crippen molar-refractivity contribution in [3.8, 4) is 0 Å². The number of pyridine rings is 1. The predicted octanol–water partition coefficient (Wildman–Crippen LogP) is 2.34. The fourth-order valence-corrected chi connectivity index (χ4v) is 1.59. The number of nitro benzene ring substituents is 1. The van der Waals surface area contributed by atoms with Crippen LogP contribution in [-0.2, 0) is 6.54 Å². The van der Waals surface area contributed by atoms with E-state index >= 15 is 0 Å². The molecule has 0 aliphatic rings. The molecule has 0 atom stereocenters. The summed E-state index contributed by atoms with van der Waals surface area (Å²) in [5.74, 6) is -0.157. The van der Waals surface area contributed by atoms with Crippen molar-refractivity contribution >= 4 is 28.5 Å². The van der Waals surface area contributed by atoms with Crippen molar-refractivity contribution in [2.45, 2.75) is 6.54 Å². The van der Waals surface area contributed by atoms with Crippen LogP contribution in [0.4, 0.5) is 5.69 Å². The third kappa shape index (κ3) is 3.96. The van der Waals surface area contributed by atoms with Gasteiger partial charge in [0.2, 0.25) is 12.3 Å². The lowest BCUT2D eigenvalue weighted by Crippen LogP contribution is -2.36. The van der Waals surface area contributed by atoms with E-state index in [0.29, 0.717) is 5.56 Å². The maximum atomic E-state index is 11.9. The number of rotatable bonds is 4. The highest BCUT2D eigenvalue weighted by Crippen LogP contribution is 2.13. The summed E-state index contributed by atoms with van der Waals surface area (Å²) in [4.78, 5) is 22.1. The summed E-state index contributed by atoms with van der Waals surface area (Å²) in [5.41, 5.74) is 0.277. The van der Waals surface area contributed by atoms with Crippen LogP contribution in [0.3, 0.4) is 0 Å². The van der Waals surface area contributed by atoms with Gasteiger partial charge in [-0.2, -0.15) is 4.57 Å². The van der Waals surface area contributed by atoms with Crippen molar-refractivity contribution in [1.29, 1.82) is 0 Å². The summed E-state index contributed by atoms with van der Waals surface area (Å²) in [5, 5.41) is 10.6. The van der Waals surface area contributed by atoms with Gasteiger partial charge in [0.1, 0.15) is 0 Å². The Morgan fingerprint density at radius 3 is 2.47 bits per heavy atom. The molecule has 0 N–H and O–H groups in total. The molecule has 0 radical (unpaired) electrons. The fourth-order valence-electron chi connectivity index (χ4n) is 1.59. The zero-order valence-corrected chi connectivity index (χ0v) is 11.6. The lowest BCUT2D eigenvalue weighted by Gasteiger charge is -1.98. The van der Waals surface area contributed by atoms with Gasteiger partial charge in [-0.15, -0.1) is 17.0 Å². The van der Waals surface area contributed by atoms with Gasteiger partial charge in [-0.05, 0) is 0 Å². The number of carbonyl (C=O) groups excluding carboxylic acids is 1. The monoisotopic (exact) mass is 323 g/mol. The molecule has 1 heterocycles. The smallest absolute Gasteiger partial charge is 0.270 e. The normalized spacial score (nSPS) is 9.47. The van der Waals surface area contributed by atoms with Crippen molar-refractivity contribution < 1.29 is 14.3 Å². The van der Waals surface area contributed by atoms with Crippen LogP contribution in [0.15, 0.2) is 54.9 Å². The van der Waals surface area contributed by atoms with E-state index in [0.717, 1.165) is 0 Å². The Labute approximate surface area is 120 Å². The van der Waals surface area contributed by atoms with Crippen LogP contribution in [0.1, 0.15) is 10.4 Å². The standard InChI is InChI=1S/C13H11N2O3.BrH/c16-13(10-14-7-2-1-3-8-14)11-5-4-6-12(9-11)15(17)18;/h1-9H,10H2;1H/q+1;. The van der Waals surface area contributed by atoms with Crippen LogP contribution in [0, 0.1) is 10.1 Å². The minimum atomic E-state index is -0.508. The van der Waals surface area contributed by atoms with Crippen LogP contribution in [-0.4, -0.2) is 10.7 Å². The SMILES string of the molecule is Br.O=C(C[n+]1ccccc1)c1cccc([N+](=O)[O-])c1. The largest absolute Gasteiger partial charge is 0.287 e. The second kappa shape index (κ2) is 6.75. The molecule has 1 aromatic heterocycles. The van der Waals surface area contributed by atoms with E-state index in [-0.39, 0.29) is 35.0 Å². The van der Waals surface area contributed by atoms with Gasteiger partial charge in [0.05, 0.1) is 4.92 Å². The number of ketones is 1. The highest BCUT2D eigenvalue weighted by Gasteiger charge is 2.14. The second-order valence-electron chi connectivity index (χ2n) is 3.78. The second-order valence-corrected chi connectivity index (χ2v) is 3.78. The Morgan fingerprint density at radius 1 is 1.16 bits per heavy atom. The van der Waals surface area contributed by atoms with Crippen LogP contribution >= 0.6 is 17.0 Å². The Kier molecular flexibility index (Phi) is 5.32. The summed E-state index contributed by atoms with van der Waals surface area (Å²) in [6, 6.07) is 11.3. The number of halogens is 1. The minimum absolute atomic E-state index is 0. The average Bonchev–Trinajstić information content (AvgIpc) is 2.40. The highest BCUT2D eigenvalue weighted by molar-refractivity contribution is 8.93. The lowest BCUT2D eigenvalue weighted by molar-refractivity contribution is -0.683. The molecule has 0 spiro atoms. The lowest BCUT2D eigenvalue weighted by atomic mass is 10.1. The molecule has 0 aliphatic heterocycles. The van der Waals surface area contributed by atoms with Crippen molar-refractivity contribution in [3.05, 3.63) is 70.5 Å². The van der Waals surface area contributed by atoms with Crippen LogP contribution in [0.25, 0.3) is 0 Å². The molecule has 0 fully saturated rings. The van der Waals surface area contributed by atoms with E-state index in [2.05, 4.69) is 0 Å². The molecule has 0 saturated carbocycles. The predicted molar refractivity (Wildman–Crippen MR) is 74.4 cm³/mol. The highest BCUT2D eigenvalue weighted by atomic mass is 79.9. The maximum Gasteiger partial charge on any atom is 0.270 e. The van der Waals surface area contributed by atoms with Crippen molar-refractivity contribution in [2.75, 3.05) is 0 Å². The zero-order chi connectivity index (χ0) is 13.0. The third-order valence-corrected chi connectivity index (χ3v) is 2.48. The van der Waals surface area contributed by atoms with E-state index in [4.69, 9.17) is 0 Å². The molecule has 98 valence electrons. The number of non-ortho nitro benzene ring substituents is 1. The first-order chi connectivity index (χ1) is 8.66. The van der Waals surface area contributed by atoms with E-state index < -0.39 is 4.92 Å². The molecule has 1 aromatic carbocycles. The Hall–Kier alpha value is -2.08. The summed E-state index contributed by atoms with van der Waals surface area (Å²) < 4.78 is 1.72. The van der Waals surface area contributed by atoms with Crippen molar-refractivity contribution in [1.82, 2.24) is 0 Å². The molecule has 2 rings (SSSR count). The van der Waals surface area contributed by atoms with Crippen molar-refractivity contribution in [2.24, 2.45) is 0 Å². The number of hydrogen-bond donors (Lipinski definition) is 0. The number of benzene rings is 1. The van der Waals surface area contributed by atoms with Gasteiger partial charge in [0, 0.05) is 29.8 Å². The van der Waals surface area contributed by atoms with Crippen LogP contribution in [0.2, 0.25) is 0 Å². The van der Waals surface area contributed by atoms with Gasteiger partial charge in [-0.25, -0.2) is 0 Å². The van der Waals surface area contributed by atoms with E-state index in [1.165, 1.54) is 18.2 Å². The minimum Gasteiger partial charge on any atom is -0.287 e. The van der Waals surface area contributed by atoms with Gasteiger partial charge < -0.3 is 0 Å². The third-order valence-electron chi connectivity index (χ3n) is 2.48. The Morgan fingerprint density at radius 2 is 1.84 bits per heavy atom. The summed E-state index contributed by atoms with van der Waals surface area (Å²) in [7, 11) is 0. The molecular weight excluding hydrogens is 312 g/mol. The molecule has 0 bridgehead atoms. The first-order valence-corrected chi connectivity index (χ1v) is 5.38. The van der Waals surface area contributed by atoms with E-state index in [9.17, 15) is 14.9 Å². The first kappa shape index (κ1) is 15.0. The fraction of sp³-hybridized carbons (Fsp3) is 0.0769. The van der Waals surface area contributed by atoms with Gasteiger partial charge in [0.25, 0.3) is 5.69 Å². The number of Topliss-reactive ketones (excluding diaryl/α,β-unsaturated/α-hetero) is 1. The summed E-state index contributed by atoms with van der Waals surface area (Å²) >= 11 is 0. The number of nitro groups is 1. The molecule has 0 unspecified atom stereocenters. The molecule has 0 aliphatic carbocycles. The van der Waals surface area contributed by atoms with E-state index in [1.54, 1.807) is 23.0 Å². The quantitative estimate of drug-likeness (QED) is 0.375. The number of hydrogen-bond acceptors (Lipinski definition) is 3. The Bertz CT molecular complexity index is 587. The van der Waals surface area contributed by atoms with Crippen LogP contribution < -0.4 is 4.57 Å². The molecule has 6 heteroatoms. The Balaban J connectivity index is 0.00000180. The average molecular weight is 324 g/mol. The molecule has 0 amide bonds. The zero-order valence-electron chi connectivity index (χ0n) is 9.93. The van der Waals surface area contributed by atoms with Crippen molar-refractivity contribution in [3.63, 3.8) is 0 Å². The molecule has 0 saturated heterocycles. The molecule has 5 nitrogen and oxygen atoms in total. The van der Waals surface area contributed by atoms with Gasteiger partial charge in [-0.1, -0.05) is 18.2 Å². The van der Waals surface area contributed by atoms with E-state index in [1.807, 2.05) is 18.2 Å². The van der Waals surface area contributed by atoms with Crippen LogP contribution in [0.5, 0.6) is 0 Å². The summed E-state index contributed by atoms with van der Waals surface area (Å²) in [6.07, 6.45) is 3.55. The van der Waals surface area contributed by atoms with Gasteiger partial charge >= 0.3 is 0 Å². The maximum absolute atomic E-state index is 11.9. The number of carbonyl (C=O) groups is 1. The number of aromatic nitrogens is 1. The molecular formula is C13H12BrN2O3+. The van der Waals surface area contributed by atoms with Gasteiger partial charge in [-0.3, -0.25) is 14.9 Å². The van der Waals surface area contributed by atoms with Gasteiger partial charge in [0.15, 0.2) is 12.4 Å². The molecule has 2 aromatic rings. The summed E-state index contributed by atoms with van der Waals surface area (Å²) in [6.45, 7) is 0.169. The first-order valence-electron chi connectivity index (χ1n) is 5.38. The molecule has 19 heavy (non-hydrogen) atoms. The number of nitrogens with zero attached hydrogens (tertiary/aromatic N) is 2.